The topological polar surface area (TPSA) is 71.3 Å². The van der Waals surface area contributed by atoms with Gasteiger partial charge in [-0.05, 0) is 48.0 Å². The van der Waals surface area contributed by atoms with E-state index in [0.29, 0.717) is 18.8 Å². The second-order valence-electron chi connectivity index (χ2n) is 5.36. The molecule has 21 heavy (non-hydrogen) atoms. The van der Waals surface area contributed by atoms with Crippen LogP contribution in [0, 0.1) is 0 Å². The molecule has 1 saturated heterocycles. The van der Waals surface area contributed by atoms with Crippen LogP contribution in [-0.2, 0) is 16.6 Å². The van der Waals surface area contributed by atoms with E-state index in [4.69, 9.17) is 4.42 Å². The summed E-state index contributed by atoms with van der Waals surface area (Å²) in [6, 6.07) is 1.57. The molecule has 0 amide bonds. The van der Waals surface area contributed by atoms with Crippen LogP contribution in [0.1, 0.15) is 32.4 Å². The number of rotatable bonds is 7. The molecular weight excluding hydrogens is 376 g/mol. The molecule has 1 fully saturated rings. The highest BCUT2D eigenvalue weighted by molar-refractivity contribution is 9.10. The second kappa shape index (κ2) is 7.04. The maximum Gasteiger partial charge on any atom is 0.245 e. The summed E-state index contributed by atoms with van der Waals surface area (Å²) >= 11 is 5.02. The smallest absolute Gasteiger partial charge is 0.245 e. The van der Waals surface area contributed by atoms with Crippen molar-refractivity contribution >= 4 is 37.7 Å². The van der Waals surface area contributed by atoms with Crippen molar-refractivity contribution < 1.29 is 12.8 Å². The third-order valence-electron chi connectivity index (χ3n) is 3.48. The highest BCUT2D eigenvalue weighted by Crippen LogP contribution is 2.37. The number of nitrogens with one attached hydrogen (secondary N) is 2. The molecule has 2 rings (SSSR count). The van der Waals surface area contributed by atoms with Gasteiger partial charge in [-0.2, -0.15) is 11.8 Å². The summed E-state index contributed by atoms with van der Waals surface area (Å²) in [5.74, 6) is 1.70. The molecule has 1 aliphatic heterocycles. The molecule has 1 aromatic rings. The van der Waals surface area contributed by atoms with Gasteiger partial charge in [-0.1, -0.05) is 6.92 Å². The van der Waals surface area contributed by atoms with Crippen LogP contribution in [-0.4, -0.2) is 32.0 Å². The van der Waals surface area contributed by atoms with Crippen molar-refractivity contribution in [2.24, 2.45) is 0 Å². The van der Waals surface area contributed by atoms with Gasteiger partial charge in [0.05, 0.1) is 6.54 Å². The molecule has 2 N–H and O–H groups in total. The number of hydrogen-bond acceptors (Lipinski definition) is 5. The van der Waals surface area contributed by atoms with Gasteiger partial charge in [-0.15, -0.1) is 0 Å². The summed E-state index contributed by atoms with van der Waals surface area (Å²) in [5, 5.41) is 3.11. The Kier molecular flexibility index (Phi) is 5.81. The fourth-order valence-corrected chi connectivity index (χ4v) is 5.72. The highest BCUT2D eigenvalue weighted by Gasteiger charge is 2.32. The zero-order valence-corrected chi connectivity index (χ0v) is 15.5. The fourth-order valence-electron chi connectivity index (χ4n) is 2.22. The largest absolute Gasteiger partial charge is 0.452 e. The van der Waals surface area contributed by atoms with E-state index in [1.54, 1.807) is 6.07 Å². The Morgan fingerprint density at radius 1 is 1.52 bits per heavy atom. The SMILES string of the molecule is CCNCc1cc(S(=O)(=O)NCC2(C)CCCS2)c(Br)o1. The van der Waals surface area contributed by atoms with Crippen LogP contribution in [0.4, 0.5) is 0 Å². The molecule has 120 valence electrons. The van der Waals surface area contributed by atoms with E-state index >= 15 is 0 Å². The van der Waals surface area contributed by atoms with Gasteiger partial charge < -0.3 is 9.73 Å². The summed E-state index contributed by atoms with van der Waals surface area (Å²) in [6.07, 6.45) is 2.18. The quantitative estimate of drug-likeness (QED) is 0.740. The van der Waals surface area contributed by atoms with Gasteiger partial charge in [-0.25, -0.2) is 13.1 Å². The maximum absolute atomic E-state index is 12.4. The Labute approximate surface area is 138 Å². The predicted octanol–water partition coefficient (Wildman–Crippen LogP) is 2.72. The number of halogens is 1. The van der Waals surface area contributed by atoms with Crippen molar-refractivity contribution in [1.29, 1.82) is 0 Å². The Balaban J connectivity index is 2.06. The van der Waals surface area contributed by atoms with Crippen LogP contribution in [0.5, 0.6) is 0 Å². The summed E-state index contributed by atoms with van der Waals surface area (Å²) < 4.78 is 33.2. The average molecular weight is 397 g/mol. The first-order valence-electron chi connectivity index (χ1n) is 6.99. The molecular formula is C13H21BrN2O3S2. The normalized spacial score (nSPS) is 22.8. The van der Waals surface area contributed by atoms with Crippen molar-refractivity contribution in [1.82, 2.24) is 10.0 Å². The molecule has 1 atom stereocenters. The van der Waals surface area contributed by atoms with E-state index in [9.17, 15) is 8.42 Å². The Morgan fingerprint density at radius 3 is 2.90 bits per heavy atom. The molecule has 0 spiro atoms. The average Bonchev–Trinajstić information content (AvgIpc) is 3.02. The lowest BCUT2D eigenvalue weighted by Gasteiger charge is -2.22. The highest BCUT2D eigenvalue weighted by atomic mass is 79.9. The minimum absolute atomic E-state index is 0.00409. The fraction of sp³-hybridized carbons (Fsp3) is 0.692. The lowest BCUT2D eigenvalue weighted by Crippen LogP contribution is -2.36. The third kappa shape index (κ3) is 4.48. The first-order valence-corrected chi connectivity index (χ1v) is 10.2. The molecule has 0 aromatic carbocycles. The lowest BCUT2D eigenvalue weighted by atomic mass is 10.1. The maximum atomic E-state index is 12.4. The zero-order valence-electron chi connectivity index (χ0n) is 12.2. The molecule has 0 radical (unpaired) electrons. The standard InChI is InChI=1S/C13H21BrN2O3S2/c1-3-15-8-10-7-11(12(14)19-10)21(17,18)16-9-13(2)5-4-6-20-13/h7,15-16H,3-6,8-9H2,1-2H3. The van der Waals surface area contributed by atoms with Crippen LogP contribution in [0.25, 0.3) is 0 Å². The summed E-state index contributed by atoms with van der Waals surface area (Å²) in [4.78, 5) is 0.169. The van der Waals surface area contributed by atoms with Crippen molar-refractivity contribution in [3.63, 3.8) is 0 Å². The number of furan rings is 1. The number of sulfonamides is 1. The van der Waals surface area contributed by atoms with Crippen LogP contribution < -0.4 is 10.0 Å². The van der Waals surface area contributed by atoms with Gasteiger partial charge >= 0.3 is 0 Å². The molecule has 0 bridgehead atoms. The van der Waals surface area contributed by atoms with E-state index in [0.717, 1.165) is 25.1 Å². The van der Waals surface area contributed by atoms with Gasteiger partial charge in [0.2, 0.25) is 10.0 Å². The van der Waals surface area contributed by atoms with Crippen LogP contribution in [0.15, 0.2) is 20.0 Å². The van der Waals surface area contributed by atoms with Gasteiger partial charge in [-0.3, -0.25) is 0 Å². The van der Waals surface area contributed by atoms with Crippen LogP contribution in [0.3, 0.4) is 0 Å². The van der Waals surface area contributed by atoms with E-state index < -0.39 is 10.0 Å². The predicted molar refractivity (Wildman–Crippen MR) is 89.1 cm³/mol. The van der Waals surface area contributed by atoms with Crippen LogP contribution in [0.2, 0.25) is 0 Å². The summed E-state index contributed by atoms with van der Waals surface area (Å²) in [7, 11) is -3.55. The van der Waals surface area contributed by atoms with E-state index in [-0.39, 0.29) is 14.3 Å². The van der Waals surface area contributed by atoms with Crippen molar-refractivity contribution in [3.8, 4) is 0 Å². The van der Waals surface area contributed by atoms with Gasteiger partial charge in [0.25, 0.3) is 0 Å². The zero-order chi connectivity index (χ0) is 15.5. The monoisotopic (exact) mass is 396 g/mol. The first kappa shape index (κ1) is 17.3. The Bertz CT molecular complexity index is 580. The summed E-state index contributed by atoms with van der Waals surface area (Å²) in [6.45, 7) is 5.85. The first-order chi connectivity index (χ1) is 9.86. The van der Waals surface area contributed by atoms with E-state index in [1.807, 2.05) is 18.7 Å². The molecule has 1 aromatic heterocycles. The Morgan fingerprint density at radius 2 is 2.29 bits per heavy atom. The minimum Gasteiger partial charge on any atom is -0.452 e. The van der Waals surface area contributed by atoms with Gasteiger partial charge in [0.1, 0.15) is 10.7 Å². The van der Waals surface area contributed by atoms with Crippen molar-refractivity contribution in [2.75, 3.05) is 18.8 Å². The van der Waals surface area contributed by atoms with E-state index in [1.165, 1.54) is 0 Å². The molecule has 5 nitrogen and oxygen atoms in total. The van der Waals surface area contributed by atoms with Gasteiger partial charge in [0.15, 0.2) is 4.67 Å². The third-order valence-corrected chi connectivity index (χ3v) is 7.28. The molecule has 1 aliphatic rings. The lowest BCUT2D eigenvalue weighted by molar-refractivity contribution is 0.464. The molecule has 0 aliphatic carbocycles. The molecule has 2 heterocycles. The summed E-state index contributed by atoms with van der Waals surface area (Å²) in [5.41, 5.74) is 0. The van der Waals surface area contributed by atoms with Crippen molar-refractivity contribution in [3.05, 3.63) is 16.5 Å². The van der Waals surface area contributed by atoms with E-state index in [2.05, 4.69) is 32.9 Å². The number of hydrogen-bond donors (Lipinski definition) is 2. The van der Waals surface area contributed by atoms with Gasteiger partial charge in [0, 0.05) is 17.4 Å². The minimum atomic E-state index is -3.55. The number of thioether (sulfide) groups is 1. The van der Waals surface area contributed by atoms with Crippen molar-refractivity contribution in [2.45, 2.75) is 42.9 Å². The second-order valence-corrected chi connectivity index (χ2v) is 9.50. The molecule has 1 unspecified atom stereocenters. The Hall–Kier alpha value is -0.0200. The molecule has 8 heteroatoms. The van der Waals surface area contributed by atoms with Crippen LogP contribution >= 0.6 is 27.7 Å². The molecule has 0 saturated carbocycles.